The number of benzene rings is 1. The van der Waals surface area contributed by atoms with Crippen LogP contribution in [-0.2, 0) is 4.79 Å². The number of hydrogen-bond donors (Lipinski definition) is 2. The second-order valence-corrected chi connectivity index (χ2v) is 4.98. The van der Waals surface area contributed by atoms with Gasteiger partial charge >= 0.3 is 5.97 Å². The van der Waals surface area contributed by atoms with E-state index in [2.05, 4.69) is 10.3 Å². The van der Waals surface area contributed by atoms with Crippen LogP contribution in [0.3, 0.4) is 0 Å². The molecule has 0 saturated heterocycles. The number of nitrogens with zero attached hydrogens (tertiary/aromatic N) is 1. The number of aromatic nitrogens is 1. The van der Waals surface area contributed by atoms with Crippen LogP contribution in [0.4, 0.5) is 10.1 Å². The first kappa shape index (κ1) is 14.1. The molecule has 0 aliphatic rings. The van der Waals surface area contributed by atoms with Gasteiger partial charge in [0.05, 0.1) is 5.92 Å². The highest BCUT2D eigenvalue weighted by molar-refractivity contribution is 7.10. The van der Waals surface area contributed by atoms with Crippen molar-refractivity contribution >= 4 is 28.9 Å². The lowest BCUT2D eigenvalue weighted by molar-refractivity contribution is -0.117. The molecule has 2 aromatic rings. The van der Waals surface area contributed by atoms with Crippen LogP contribution in [0, 0.1) is 5.82 Å². The Morgan fingerprint density at radius 1 is 1.35 bits per heavy atom. The van der Waals surface area contributed by atoms with E-state index in [9.17, 15) is 14.0 Å². The molecule has 0 unspecified atom stereocenters. The van der Waals surface area contributed by atoms with E-state index in [0.29, 0.717) is 10.7 Å². The highest BCUT2D eigenvalue weighted by Gasteiger charge is 2.20. The Bertz CT molecular complexity index is 639. The third kappa shape index (κ3) is 3.18. The number of hydrogen-bond acceptors (Lipinski definition) is 4. The summed E-state index contributed by atoms with van der Waals surface area (Å²) in [6, 6.07) is 5.38. The van der Waals surface area contributed by atoms with Gasteiger partial charge in [-0.15, -0.1) is 11.3 Å². The van der Waals surface area contributed by atoms with Crippen LogP contribution in [0.15, 0.2) is 29.6 Å². The molecule has 0 aliphatic heterocycles. The highest BCUT2D eigenvalue weighted by atomic mass is 32.1. The van der Waals surface area contributed by atoms with Crippen molar-refractivity contribution < 1.29 is 19.1 Å². The standard InChI is InChI=1S/C13H11FN2O3S/c1-7(12-16-10(6-20-12)13(18)19)11(17)15-9-4-2-8(14)3-5-9/h2-7H,1H3,(H,15,17)(H,18,19)/t7-/m1/s1. The minimum atomic E-state index is -1.13. The molecule has 1 aromatic heterocycles. The van der Waals surface area contributed by atoms with E-state index in [4.69, 9.17) is 5.11 Å². The fraction of sp³-hybridized carbons (Fsp3) is 0.154. The molecule has 0 bridgehead atoms. The number of thiazole rings is 1. The molecule has 7 heteroatoms. The Kier molecular flexibility index (Phi) is 4.09. The van der Waals surface area contributed by atoms with Gasteiger partial charge in [-0.05, 0) is 31.2 Å². The number of carboxylic acid groups (broad SMARTS) is 1. The third-order valence-electron chi connectivity index (χ3n) is 2.62. The Hall–Kier alpha value is -2.28. The van der Waals surface area contributed by atoms with Gasteiger partial charge in [0.15, 0.2) is 5.69 Å². The molecule has 1 atom stereocenters. The quantitative estimate of drug-likeness (QED) is 0.908. The number of carboxylic acids is 1. The summed E-state index contributed by atoms with van der Waals surface area (Å²) in [6.45, 7) is 1.63. The summed E-state index contributed by atoms with van der Waals surface area (Å²) in [5, 5.41) is 13.2. The zero-order valence-corrected chi connectivity index (χ0v) is 11.3. The second kappa shape index (κ2) is 5.79. The summed E-state index contributed by atoms with van der Waals surface area (Å²) >= 11 is 1.11. The number of nitrogens with one attached hydrogen (secondary N) is 1. The van der Waals surface area contributed by atoms with Gasteiger partial charge < -0.3 is 10.4 Å². The SMILES string of the molecule is C[C@H](C(=O)Nc1ccc(F)cc1)c1nc(C(=O)O)cs1. The van der Waals surface area contributed by atoms with E-state index in [-0.39, 0.29) is 17.4 Å². The van der Waals surface area contributed by atoms with E-state index in [1.807, 2.05) is 0 Å². The van der Waals surface area contributed by atoms with Gasteiger partial charge in [-0.2, -0.15) is 0 Å². The van der Waals surface area contributed by atoms with Crippen molar-refractivity contribution in [3.05, 3.63) is 46.2 Å². The van der Waals surface area contributed by atoms with Crippen molar-refractivity contribution in [2.45, 2.75) is 12.8 Å². The van der Waals surface area contributed by atoms with Crippen molar-refractivity contribution in [3.8, 4) is 0 Å². The first-order chi connectivity index (χ1) is 9.47. The lowest BCUT2D eigenvalue weighted by Gasteiger charge is -2.09. The fourth-order valence-corrected chi connectivity index (χ4v) is 2.33. The van der Waals surface area contributed by atoms with Gasteiger partial charge in [-0.25, -0.2) is 14.2 Å². The van der Waals surface area contributed by atoms with Crippen LogP contribution in [0.25, 0.3) is 0 Å². The van der Waals surface area contributed by atoms with Crippen molar-refractivity contribution in [2.24, 2.45) is 0 Å². The van der Waals surface area contributed by atoms with Crippen molar-refractivity contribution in [2.75, 3.05) is 5.32 Å². The largest absolute Gasteiger partial charge is 0.476 e. The van der Waals surface area contributed by atoms with Gasteiger partial charge in [0.2, 0.25) is 5.91 Å². The average molecular weight is 294 g/mol. The molecule has 1 aromatic carbocycles. The van der Waals surface area contributed by atoms with Crippen LogP contribution in [0.5, 0.6) is 0 Å². The zero-order valence-electron chi connectivity index (χ0n) is 10.5. The van der Waals surface area contributed by atoms with E-state index in [1.165, 1.54) is 29.6 Å². The van der Waals surface area contributed by atoms with Gasteiger partial charge in [-0.1, -0.05) is 0 Å². The monoisotopic (exact) mass is 294 g/mol. The lowest BCUT2D eigenvalue weighted by Crippen LogP contribution is -2.18. The molecule has 0 radical (unpaired) electrons. The van der Waals surface area contributed by atoms with Crippen LogP contribution < -0.4 is 5.32 Å². The minimum Gasteiger partial charge on any atom is -0.476 e. The number of amides is 1. The predicted molar refractivity (Wildman–Crippen MR) is 72.5 cm³/mol. The Labute approximate surface area is 118 Å². The summed E-state index contributed by atoms with van der Waals surface area (Å²) in [4.78, 5) is 26.6. The molecule has 20 heavy (non-hydrogen) atoms. The molecular weight excluding hydrogens is 283 g/mol. The van der Waals surface area contributed by atoms with Crippen molar-refractivity contribution in [3.63, 3.8) is 0 Å². The summed E-state index contributed by atoms with van der Waals surface area (Å²) in [6.07, 6.45) is 0. The second-order valence-electron chi connectivity index (χ2n) is 4.09. The van der Waals surface area contributed by atoms with Gasteiger partial charge in [0.25, 0.3) is 0 Å². The van der Waals surface area contributed by atoms with Gasteiger partial charge in [0, 0.05) is 11.1 Å². The minimum absolute atomic E-state index is 0.0774. The molecule has 2 rings (SSSR count). The van der Waals surface area contributed by atoms with E-state index >= 15 is 0 Å². The van der Waals surface area contributed by atoms with E-state index < -0.39 is 11.9 Å². The fourth-order valence-electron chi connectivity index (χ4n) is 1.48. The third-order valence-corrected chi connectivity index (χ3v) is 3.64. The Morgan fingerprint density at radius 3 is 2.55 bits per heavy atom. The van der Waals surface area contributed by atoms with E-state index in [0.717, 1.165) is 11.3 Å². The summed E-state index contributed by atoms with van der Waals surface area (Å²) in [7, 11) is 0. The zero-order chi connectivity index (χ0) is 14.7. The summed E-state index contributed by atoms with van der Waals surface area (Å²) in [5.41, 5.74) is 0.393. The number of carbonyl (C=O) groups excluding carboxylic acids is 1. The smallest absolute Gasteiger partial charge is 0.355 e. The molecule has 2 N–H and O–H groups in total. The van der Waals surface area contributed by atoms with Crippen LogP contribution in [0.1, 0.15) is 28.3 Å². The number of carbonyl (C=O) groups is 2. The number of aromatic carboxylic acids is 1. The molecule has 0 saturated carbocycles. The first-order valence-electron chi connectivity index (χ1n) is 5.72. The number of halogens is 1. The molecule has 0 aliphatic carbocycles. The molecular formula is C13H11FN2O3S. The topological polar surface area (TPSA) is 79.3 Å². The number of rotatable bonds is 4. The predicted octanol–water partition coefficient (Wildman–Crippen LogP) is 2.72. The first-order valence-corrected chi connectivity index (χ1v) is 6.60. The molecule has 104 valence electrons. The molecule has 5 nitrogen and oxygen atoms in total. The maximum Gasteiger partial charge on any atom is 0.355 e. The normalized spacial score (nSPS) is 11.9. The Balaban J connectivity index is 2.07. The molecule has 0 spiro atoms. The maximum atomic E-state index is 12.7. The van der Waals surface area contributed by atoms with Crippen molar-refractivity contribution in [1.29, 1.82) is 0 Å². The average Bonchev–Trinajstić information content (AvgIpc) is 2.90. The molecule has 1 amide bonds. The van der Waals surface area contributed by atoms with Crippen molar-refractivity contribution in [1.82, 2.24) is 4.98 Å². The Morgan fingerprint density at radius 2 is 2.00 bits per heavy atom. The van der Waals surface area contributed by atoms with Gasteiger partial charge in [0.1, 0.15) is 10.8 Å². The highest BCUT2D eigenvalue weighted by Crippen LogP contribution is 2.22. The lowest BCUT2D eigenvalue weighted by atomic mass is 10.1. The maximum absolute atomic E-state index is 12.7. The van der Waals surface area contributed by atoms with Gasteiger partial charge in [-0.3, -0.25) is 4.79 Å². The molecule has 1 heterocycles. The van der Waals surface area contributed by atoms with Crippen LogP contribution in [0.2, 0.25) is 0 Å². The van der Waals surface area contributed by atoms with Crippen LogP contribution in [-0.4, -0.2) is 22.0 Å². The summed E-state index contributed by atoms with van der Waals surface area (Å²) in [5.74, 6) is -2.43. The molecule has 0 fully saturated rings. The van der Waals surface area contributed by atoms with Crippen LogP contribution >= 0.6 is 11.3 Å². The number of anilines is 1. The van der Waals surface area contributed by atoms with E-state index in [1.54, 1.807) is 6.92 Å². The summed E-state index contributed by atoms with van der Waals surface area (Å²) < 4.78 is 12.7.